The van der Waals surface area contributed by atoms with Crippen LogP contribution in [-0.2, 0) is 19.5 Å². The number of pyridine rings is 1. The van der Waals surface area contributed by atoms with E-state index in [1.54, 1.807) is 17.2 Å². The van der Waals surface area contributed by atoms with E-state index in [1.165, 1.54) is 57.2 Å². The molecule has 5 fully saturated rings. The molecule has 6 aliphatic rings. The van der Waals surface area contributed by atoms with Gasteiger partial charge in [-0.25, -0.2) is 13.1 Å². The van der Waals surface area contributed by atoms with Gasteiger partial charge >= 0.3 is 0 Å². The van der Waals surface area contributed by atoms with E-state index < -0.39 is 31.4 Å². The van der Waals surface area contributed by atoms with Gasteiger partial charge < -0.3 is 34.3 Å². The maximum absolute atomic E-state index is 14.4. The minimum Gasteiger partial charge on any atom is -0.476 e. The van der Waals surface area contributed by atoms with Crippen LogP contribution in [0, 0.1) is 15.5 Å². The molecule has 17 heteroatoms. The molecule has 5 aromatic rings. The standard InChI is InChI=1S/C49H56N8O8S/c58-47(53-66(61,62)37-11-13-41(44(27-37)57(59)60)51-30-36-31-63-23-24-64-36)40-12-10-34(26-43(40)56-19-4-22-65-48-45(56)25-33-14-17-50-46(33)52-48)54-20-15-49(16-21-54)28-35(29-49)55-18-3-7-42(55)39-6-2-1-5-38(39)32-8-9-32/h1-2,5-6,10-14,17,25-27,32,35-36,42,51H,3-4,7-9,15-16,18-24,28-31H2,(H,50,52)(H,53,58)/t36-,42+/m0/s1. The van der Waals surface area contributed by atoms with Crippen molar-refractivity contribution in [2.45, 2.75) is 86.8 Å². The number of carbonyl (C=O) groups is 1. The summed E-state index contributed by atoms with van der Waals surface area (Å²) in [7, 11) is -4.58. The molecule has 2 atom stereocenters. The molecule has 346 valence electrons. The highest BCUT2D eigenvalue weighted by molar-refractivity contribution is 7.90. The smallest absolute Gasteiger partial charge is 0.293 e. The van der Waals surface area contributed by atoms with Crippen molar-refractivity contribution < 1.29 is 32.3 Å². The van der Waals surface area contributed by atoms with Crippen LogP contribution in [0.2, 0.25) is 0 Å². The first kappa shape index (κ1) is 42.9. The van der Waals surface area contributed by atoms with Crippen LogP contribution < -0.4 is 24.6 Å². The number of carbonyl (C=O) groups excluding carboxylic acids is 1. The van der Waals surface area contributed by atoms with Crippen molar-refractivity contribution in [2.24, 2.45) is 5.41 Å². The molecule has 2 aromatic heterocycles. The number of fused-ring (bicyclic) bond motifs is 2. The first-order valence-corrected chi connectivity index (χ1v) is 25.0. The largest absolute Gasteiger partial charge is 0.476 e. The van der Waals surface area contributed by atoms with Crippen LogP contribution in [0.4, 0.5) is 28.4 Å². The van der Waals surface area contributed by atoms with E-state index in [4.69, 9.17) is 19.2 Å². The van der Waals surface area contributed by atoms with Gasteiger partial charge in [0.05, 0.1) is 53.6 Å². The normalized spacial score (nSPS) is 22.4. The average molecular weight is 917 g/mol. The van der Waals surface area contributed by atoms with Crippen LogP contribution in [0.15, 0.2) is 83.9 Å². The SMILES string of the molecule is O=C(NS(=O)(=O)c1ccc(NC[C@H]2COCCO2)c([N+](=O)[O-])c1)c1ccc(N2CCC3(CC2)CC(N2CCC[C@@H]2c2ccccc2C2CC2)C3)cc1N1CCCOc2nc3[nH]ccc3cc21. The van der Waals surface area contributed by atoms with Gasteiger partial charge in [-0.1, -0.05) is 24.3 Å². The summed E-state index contributed by atoms with van der Waals surface area (Å²) in [4.78, 5) is 40.6. The fraction of sp³-hybridized carbons (Fsp3) is 0.469. The number of H-pyrrole nitrogens is 1. The number of nitro benzene ring substituents is 1. The molecule has 11 rings (SSSR count). The highest BCUT2D eigenvalue weighted by atomic mass is 32.2. The number of nitrogens with one attached hydrogen (secondary N) is 3. The monoisotopic (exact) mass is 916 g/mol. The summed E-state index contributed by atoms with van der Waals surface area (Å²) < 4.78 is 47.3. The fourth-order valence-electron chi connectivity index (χ4n) is 11.2. The number of anilines is 4. The molecular formula is C49H56N8O8S. The maximum atomic E-state index is 14.4. The number of rotatable bonds is 12. The Kier molecular flexibility index (Phi) is 11.3. The molecule has 3 aromatic carbocycles. The Morgan fingerprint density at radius 2 is 1.74 bits per heavy atom. The van der Waals surface area contributed by atoms with Crippen LogP contribution in [-0.4, -0.2) is 105 Å². The summed E-state index contributed by atoms with van der Waals surface area (Å²) in [5.74, 6) is 0.288. The lowest BCUT2D eigenvalue weighted by molar-refractivity contribution is -0.384. The second-order valence-electron chi connectivity index (χ2n) is 19.0. The van der Waals surface area contributed by atoms with E-state index in [1.807, 2.05) is 35.4 Å². The van der Waals surface area contributed by atoms with Gasteiger partial charge in [-0.3, -0.25) is 19.8 Å². The predicted octanol–water partition coefficient (Wildman–Crippen LogP) is 7.80. The van der Waals surface area contributed by atoms with E-state index >= 15 is 0 Å². The molecule has 6 heterocycles. The van der Waals surface area contributed by atoms with Gasteiger partial charge in [0.25, 0.3) is 21.6 Å². The number of hydrogen-bond donors (Lipinski definition) is 3. The lowest BCUT2D eigenvalue weighted by atomic mass is 9.59. The second-order valence-corrected chi connectivity index (χ2v) is 20.6. The number of piperidine rings is 1. The van der Waals surface area contributed by atoms with Crippen molar-refractivity contribution in [3.05, 3.63) is 106 Å². The van der Waals surface area contributed by atoms with Gasteiger partial charge in [-0.05, 0) is 129 Å². The van der Waals surface area contributed by atoms with Gasteiger partial charge in [-0.2, -0.15) is 4.98 Å². The topological polar surface area (TPSA) is 185 Å². The van der Waals surface area contributed by atoms with E-state index in [0.717, 1.165) is 49.0 Å². The Balaban J connectivity index is 0.839. The number of nitrogens with zero attached hydrogens (tertiary/aromatic N) is 5. The summed E-state index contributed by atoms with van der Waals surface area (Å²) in [6, 6.07) is 23.3. The number of hydrogen-bond acceptors (Lipinski definition) is 13. The Morgan fingerprint density at radius 3 is 2.53 bits per heavy atom. The number of benzene rings is 3. The molecule has 0 unspecified atom stereocenters. The quantitative estimate of drug-likeness (QED) is 0.0815. The van der Waals surface area contributed by atoms with Gasteiger partial charge in [0.2, 0.25) is 5.88 Å². The van der Waals surface area contributed by atoms with E-state index in [2.05, 4.69) is 49.1 Å². The summed E-state index contributed by atoms with van der Waals surface area (Å²) in [5.41, 5.74) is 6.05. The van der Waals surface area contributed by atoms with E-state index in [0.29, 0.717) is 79.8 Å². The molecule has 16 nitrogen and oxygen atoms in total. The minimum absolute atomic E-state index is 0.121. The number of amides is 1. The van der Waals surface area contributed by atoms with Crippen molar-refractivity contribution in [2.75, 3.05) is 74.3 Å². The summed E-state index contributed by atoms with van der Waals surface area (Å²) in [6.07, 6.45) is 11.8. The molecule has 0 radical (unpaired) electrons. The molecule has 1 amide bonds. The zero-order valence-corrected chi connectivity index (χ0v) is 37.8. The predicted molar refractivity (Wildman–Crippen MR) is 250 cm³/mol. The van der Waals surface area contributed by atoms with Gasteiger partial charge in [0, 0.05) is 61.6 Å². The lowest BCUT2D eigenvalue weighted by Crippen LogP contribution is -2.55. The van der Waals surface area contributed by atoms with Gasteiger partial charge in [0.1, 0.15) is 17.0 Å². The summed E-state index contributed by atoms with van der Waals surface area (Å²) in [6.45, 7) is 5.25. The molecule has 66 heavy (non-hydrogen) atoms. The lowest BCUT2D eigenvalue weighted by Gasteiger charge is -2.56. The number of sulfonamides is 1. The van der Waals surface area contributed by atoms with Crippen molar-refractivity contribution in [1.29, 1.82) is 0 Å². The zero-order valence-electron chi connectivity index (χ0n) is 37.0. The Bertz CT molecular complexity index is 2760. The highest BCUT2D eigenvalue weighted by Crippen LogP contribution is 2.55. The van der Waals surface area contributed by atoms with Gasteiger partial charge in [-0.15, -0.1) is 0 Å². The number of ether oxygens (including phenoxy) is 3. The van der Waals surface area contributed by atoms with Crippen molar-refractivity contribution in [3.63, 3.8) is 0 Å². The van der Waals surface area contributed by atoms with E-state index in [-0.39, 0.29) is 23.9 Å². The first-order valence-electron chi connectivity index (χ1n) is 23.5. The first-order chi connectivity index (χ1) is 32.1. The molecule has 3 saturated heterocycles. The third-order valence-electron chi connectivity index (χ3n) is 14.8. The van der Waals surface area contributed by atoms with Crippen molar-refractivity contribution in [3.8, 4) is 5.88 Å². The second kappa shape index (κ2) is 17.5. The van der Waals surface area contributed by atoms with Crippen LogP contribution in [0.25, 0.3) is 11.0 Å². The van der Waals surface area contributed by atoms with Crippen LogP contribution in [0.3, 0.4) is 0 Å². The third kappa shape index (κ3) is 8.35. The van der Waals surface area contributed by atoms with E-state index in [9.17, 15) is 23.3 Å². The Morgan fingerprint density at radius 1 is 0.909 bits per heavy atom. The minimum atomic E-state index is -4.58. The van der Waals surface area contributed by atoms with Gasteiger partial charge in [0.15, 0.2) is 0 Å². The average Bonchev–Trinajstić information content (AvgIpc) is 3.95. The van der Waals surface area contributed by atoms with Crippen molar-refractivity contribution >= 4 is 55.4 Å². The Labute approximate surface area is 384 Å². The molecule has 2 aliphatic carbocycles. The summed E-state index contributed by atoms with van der Waals surface area (Å²) in [5, 5.41) is 16.0. The molecule has 3 N–H and O–H groups in total. The highest BCUT2D eigenvalue weighted by Gasteiger charge is 2.50. The van der Waals surface area contributed by atoms with Crippen LogP contribution >= 0.6 is 0 Å². The van der Waals surface area contributed by atoms with Crippen molar-refractivity contribution in [1.82, 2.24) is 19.6 Å². The zero-order chi connectivity index (χ0) is 45.0. The Hall–Kier alpha value is -5.75. The summed E-state index contributed by atoms with van der Waals surface area (Å²) >= 11 is 0. The molecule has 0 bridgehead atoms. The molecule has 4 aliphatic heterocycles. The number of nitro groups is 1. The molecular weight excluding hydrogens is 861 g/mol. The number of aromatic nitrogens is 2. The molecule has 2 saturated carbocycles. The van der Waals surface area contributed by atoms with Crippen LogP contribution in [0.1, 0.15) is 91.2 Å². The fourth-order valence-corrected chi connectivity index (χ4v) is 12.2. The third-order valence-corrected chi connectivity index (χ3v) is 16.2. The number of likely N-dealkylation sites (tertiary alicyclic amines) is 1. The number of aromatic amines is 1. The van der Waals surface area contributed by atoms with Crippen LogP contribution in [0.5, 0.6) is 5.88 Å². The maximum Gasteiger partial charge on any atom is 0.293 e. The molecule has 1 spiro atoms.